The Bertz CT molecular complexity index is 552. The Morgan fingerprint density at radius 3 is 2.94 bits per heavy atom. The summed E-state index contributed by atoms with van der Waals surface area (Å²) in [4.78, 5) is 18.0. The van der Waals surface area contributed by atoms with Crippen LogP contribution in [0.5, 0.6) is 0 Å². The van der Waals surface area contributed by atoms with Gasteiger partial charge in [-0.2, -0.15) is 0 Å². The number of H-pyrrole nitrogens is 1. The zero-order valence-corrected chi connectivity index (χ0v) is 11.0. The van der Waals surface area contributed by atoms with E-state index in [1.807, 2.05) is 23.2 Å². The third kappa shape index (κ3) is 2.48. The molecule has 0 saturated heterocycles. The predicted octanol–water partition coefficient (Wildman–Crippen LogP) is 1.14. The average Bonchev–Trinajstić information content (AvgIpc) is 2.89. The van der Waals surface area contributed by atoms with Gasteiger partial charge in [0.15, 0.2) is 0 Å². The highest BCUT2D eigenvalue weighted by Crippen LogP contribution is 2.19. The van der Waals surface area contributed by atoms with E-state index in [1.165, 1.54) is 11.3 Å². The van der Waals surface area contributed by atoms with Gasteiger partial charge in [-0.1, -0.05) is 11.3 Å². The Hall–Kier alpha value is -1.40. The molecule has 0 atom stereocenters. The standard InChI is InChI=1S/C11H16N4OS/c1-11(2,12-3)9-4-13-7-15(9)5-8-6-17-10(16)14-8/h4,6-7,12H,5H2,1-3H3,(H,14,16). The van der Waals surface area contributed by atoms with Gasteiger partial charge >= 0.3 is 4.87 Å². The van der Waals surface area contributed by atoms with Crippen molar-refractivity contribution in [3.63, 3.8) is 0 Å². The fourth-order valence-corrected chi connectivity index (χ4v) is 2.24. The lowest BCUT2D eigenvalue weighted by molar-refractivity contribution is 0.413. The second kappa shape index (κ2) is 4.46. The molecule has 0 radical (unpaired) electrons. The summed E-state index contributed by atoms with van der Waals surface area (Å²) in [6.07, 6.45) is 3.63. The Morgan fingerprint density at radius 2 is 2.35 bits per heavy atom. The predicted molar refractivity (Wildman–Crippen MR) is 68.4 cm³/mol. The van der Waals surface area contributed by atoms with Gasteiger partial charge in [-0.25, -0.2) is 4.98 Å². The van der Waals surface area contributed by atoms with Gasteiger partial charge in [0, 0.05) is 11.1 Å². The zero-order valence-electron chi connectivity index (χ0n) is 10.2. The second-order valence-electron chi connectivity index (χ2n) is 4.46. The molecule has 0 saturated carbocycles. The maximum atomic E-state index is 11.1. The van der Waals surface area contributed by atoms with E-state index in [0.717, 1.165) is 11.4 Å². The van der Waals surface area contributed by atoms with Crippen LogP contribution >= 0.6 is 11.3 Å². The number of rotatable bonds is 4. The van der Waals surface area contributed by atoms with Crippen molar-refractivity contribution in [2.24, 2.45) is 0 Å². The van der Waals surface area contributed by atoms with Gasteiger partial charge in [0.2, 0.25) is 0 Å². The maximum Gasteiger partial charge on any atom is 0.304 e. The lowest BCUT2D eigenvalue weighted by atomic mass is 10.0. The molecule has 2 aromatic heterocycles. The van der Waals surface area contributed by atoms with Crippen molar-refractivity contribution in [1.29, 1.82) is 0 Å². The fraction of sp³-hybridized carbons (Fsp3) is 0.455. The molecule has 2 rings (SSSR count). The number of thiazole rings is 1. The van der Waals surface area contributed by atoms with Crippen LogP contribution in [-0.4, -0.2) is 21.6 Å². The van der Waals surface area contributed by atoms with Crippen molar-refractivity contribution >= 4 is 11.3 Å². The summed E-state index contributed by atoms with van der Waals surface area (Å²) in [6.45, 7) is 4.83. The lowest BCUT2D eigenvalue weighted by Crippen LogP contribution is -2.35. The van der Waals surface area contributed by atoms with Crippen LogP contribution in [0.25, 0.3) is 0 Å². The van der Waals surface area contributed by atoms with Crippen LogP contribution < -0.4 is 10.2 Å². The number of hydrogen-bond acceptors (Lipinski definition) is 4. The third-order valence-electron chi connectivity index (χ3n) is 2.89. The lowest BCUT2D eigenvalue weighted by Gasteiger charge is -2.25. The average molecular weight is 252 g/mol. The quantitative estimate of drug-likeness (QED) is 0.857. The number of nitrogens with zero attached hydrogens (tertiary/aromatic N) is 2. The number of nitrogens with one attached hydrogen (secondary N) is 2. The van der Waals surface area contributed by atoms with Gasteiger partial charge in [-0.3, -0.25) is 4.79 Å². The van der Waals surface area contributed by atoms with Gasteiger partial charge in [-0.05, 0) is 20.9 Å². The van der Waals surface area contributed by atoms with E-state index in [2.05, 4.69) is 29.1 Å². The largest absolute Gasteiger partial charge is 0.327 e. The maximum absolute atomic E-state index is 11.1. The Morgan fingerprint density at radius 1 is 1.59 bits per heavy atom. The molecule has 0 fully saturated rings. The van der Waals surface area contributed by atoms with Crippen LogP contribution in [0, 0.1) is 0 Å². The summed E-state index contributed by atoms with van der Waals surface area (Å²) in [5.41, 5.74) is 1.85. The molecule has 0 bridgehead atoms. The normalized spacial score (nSPS) is 11.9. The first-order valence-corrected chi connectivity index (χ1v) is 6.27. The van der Waals surface area contributed by atoms with Crippen LogP contribution in [0.4, 0.5) is 0 Å². The molecule has 0 aromatic carbocycles. The summed E-state index contributed by atoms with van der Waals surface area (Å²) in [6, 6.07) is 0. The molecule has 6 heteroatoms. The highest BCUT2D eigenvalue weighted by molar-refractivity contribution is 7.07. The van der Waals surface area contributed by atoms with Crippen molar-refractivity contribution in [1.82, 2.24) is 19.9 Å². The van der Waals surface area contributed by atoms with Gasteiger partial charge in [0.05, 0.1) is 30.3 Å². The number of imidazole rings is 1. The number of aromatic nitrogens is 3. The molecule has 0 unspecified atom stereocenters. The van der Waals surface area contributed by atoms with E-state index in [-0.39, 0.29) is 10.4 Å². The van der Waals surface area contributed by atoms with E-state index in [0.29, 0.717) is 6.54 Å². The molecule has 2 aromatic rings. The van der Waals surface area contributed by atoms with E-state index in [9.17, 15) is 4.79 Å². The molecule has 0 spiro atoms. The molecule has 2 heterocycles. The molecule has 0 aliphatic heterocycles. The van der Waals surface area contributed by atoms with E-state index in [1.54, 1.807) is 6.33 Å². The van der Waals surface area contributed by atoms with Crippen molar-refractivity contribution in [3.8, 4) is 0 Å². The van der Waals surface area contributed by atoms with Crippen LogP contribution in [0.2, 0.25) is 0 Å². The summed E-state index contributed by atoms with van der Waals surface area (Å²) in [7, 11) is 1.92. The molecule has 17 heavy (non-hydrogen) atoms. The highest BCUT2D eigenvalue weighted by atomic mass is 32.1. The molecule has 0 aliphatic carbocycles. The molecule has 5 nitrogen and oxygen atoms in total. The molecular weight excluding hydrogens is 236 g/mol. The van der Waals surface area contributed by atoms with E-state index in [4.69, 9.17) is 0 Å². The van der Waals surface area contributed by atoms with Gasteiger partial charge in [-0.15, -0.1) is 0 Å². The van der Waals surface area contributed by atoms with Crippen LogP contribution in [0.1, 0.15) is 25.2 Å². The summed E-state index contributed by atoms with van der Waals surface area (Å²) in [5.74, 6) is 0. The van der Waals surface area contributed by atoms with Crippen molar-refractivity contribution in [3.05, 3.63) is 39.0 Å². The van der Waals surface area contributed by atoms with Crippen molar-refractivity contribution < 1.29 is 0 Å². The van der Waals surface area contributed by atoms with Crippen LogP contribution in [0.3, 0.4) is 0 Å². The van der Waals surface area contributed by atoms with E-state index < -0.39 is 0 Å². The van der Waals surface area contributed by atoms with E-state index >= 15 is 0 Å². The first kappa shape index (κ1) is 12.1. The minimum absolute atomic E-state index is 0.0189. The summed E-state index contributed by atoms with van der Waals surface area (Å²) in [5, 5.41) is 5.09. The minimum atomic E-state index is -0.146. The third-order valence-corrected chi connectivity index (χ3v) is 3.61. The Balaban J connectivity index is 2.29. The molecule has 0 aliphatic rings. The second-order valence-corrected chi connectivity index (χ2v) is 5.30. The molecule has 2 N–H and O–H groups in total. The van der Waals surface area contributed by atoms with Crippen molar-refractivity contribution in [2.75, 3.05) is 7.05 Å². The van der Waals surface area contributed by atoms with Gasteiger partial charge < -0.3 is 14.9 Å². The Kier molecular flexibility index (Phi) is 3.17. The smallest absolute Gasteiger partial charge is 0.304 e. The first-order valence-electron chi connectivity index (χ1n) is 5.39. The SMILES string of the molecule is CNC(C)(C)c1cncn1Cc1csc(=O)[nH]1. The summed E-state index contributed by atoms with van der Waals surface area (Å²) >= 11 is 1.18. The monoisotopic (exact) mass is 252 g/mol. The minimum Gasteiger partial charge on any atom is -0.327 e. The molecule has 92 valence electrons. The van der Waals surface area contributed by atoms with Crippen LogP contribution in [0.15, 0.2) is 22.7 Å². The number of aromatic amines is 1. The zero-order chi connectivity index (χ0) is 12.5. The molecular formula is C11H16N4OS. The topological polar surface area (TPSA) is 62.7 Å². The van der Waals surface area contributed by atoms with Crippen LogP contribution in [-0.2, 0) is 12.1 Å². The van der Waals surface area contributed by atoms with Gasteiger partial charge in [0.25, 0.3) is 0 Å². The molecule has 0 amide bonds. The van der Waals surface area contributed by atoms with Crippen molar-refractivity contribution in [2.45, 2.75) is 25.9 Å². The number of hydrogen-bond donors (Lipinski definition) is 2. The fourth-order valence-electron chi connectivity index (χ4n) is 1.67. The summed E-state index contributed by atoms with van der Waals surface area (Å²) < 4.78 is 2.04. The van der Waals surface area contributed by atoms with Gasteiger partial charge in [0.1, 0.15) is 0 Å². The highest BCUT2D eigenvalue weighted by Gasteiger charge is 2.22. The first-order chi connectivity index (χ1) is 8.03. The Labute approximate surface area is 104 Å².